The summed E-state index contributed by atoms with van der Waals surface area (Å²) in [6.45, 7) is 6.02. The van der Waals surface area contributed by atoms with Crippen LogP contribution in [0.5, 0.6) is 0 Å². The Morgan fingerprint density at radius 1 is 1.54 bits per heavy atom. The third-order valence-electron chi connectivity index (χ3n) is 1.91. The van der Waals surface area contributed by atoms with Crippen molar-refractivity contribution in [3.63, 3.8) is 0 Å². The molecule has 0 fully saturated rings. The number of hydrogen-bond donors (Lipinski definition) is 0. The third-order valence-corrected chi connectivity index (χ3v) is 1.91. The van der Waals surface area contributed by atoms with E-state index < -0.39 is 0 Å². The first-order valence-electron chi connectivity index (χ1n) is 4.55. The summed E-state index contributed by atoms with van der Waals surface area (Å²) < 4.78 is 0. The Morgan fingerprint density at radius 2 is 2.23 bits per heavy atom. The molecule has 0 saturated carbocycles. The standard InChI is InChI=1S/C11H15NO/c1-8(2)6-11(13)10-4-5-12-7-9(10)3/h4-5,7-8H,6H2,1-3H3. The van der Waals surface area contributed by atoms with Gasteiger partial charge in [0.2, 0.25) is 0 Å². The van der Waals surface area contributed by atoms with Gasteiger partial charge in [-0.25, -0.2) is 0 Å². The van der Waals surface area contributed by atoms with Gasteiger partial charge < -0.3 is 0 Å². The van der Waals surface area contributed by atoms with Crippen LogP contribution in [0, 0.1) is 12.8 Å². The Bertz CT molecular complexity index is 305. The minimum absolute atomic E-state index is 0.218. The summed E-state index contributed by atoms with van der Waals surface area (Å²) in [6.07, 6.45) is 4.01. The predicted molar refractivity (Wildman–Crippen MR) is 52.8 cm³/mol. The highest BCUT2D eigenvalue weighted by Crippen LogP contribution is 2.11. The fourth-order valence-corrected chi connectivity index (χ4v) is 1.27. The molecule has 0 aliphatic heterocycles. The lowest BCUT2D eigenvalue weighted by atomic mass is 9.99. The van der Waals surface area contributed by atoms with Crippen LogP contribution < -0.4 is 0 Å². The first kappa shape index (κ1) is 9.90. The molecule has 1 rings (SSSR count). The minimum Gasteiger partial charge on any atom is -0.294 e. The van der Waals surface area contributed by atoms with Crippen molar-refractivity contribution in [2.75, 3.05) is 0 Å². The molecule has 0 aromatic carbocycles. The summed E-state index contributed by atoms with van der Waals surface area (Å²) in [6, 6.07) is 1.79. The molecule has 1 heterocycles. The van der Waals surface area contributed by atoms with Gasteiger partial charge in [0.15, 0.2) is 5.78 Å². The van der Waals surface area contributed by atoms with E-state index in [4.69, 9.17) is 0 Å². The molecule has 0 atom stereocenters. The van der Waals surface area contributed by atoms with Gasteiger partial charge in [-0.15, -0.1) is 0 Å². The minimum atomic E-state index is 0.218. The second-order valence-corrected chi connectivity index (χ2v) is 3.71. The van der Waals surface area contributed by atoms with Gasteiger partial charge in [-0.2, -0.15) is 0 Å². The number of nitrogens with zero attached hydrogens (tertiary/aromatic N) is 1. The molecule has 0 bridgehead atoms. The molecule has 2 heteroatoms. The van der Waals surface area contributed by atoms with Crippen LogP contribution in [0.3, 0.4) is 0 Å². The van der Waals surface area contributed by atoms with Crippen LogP contribution in [0.25, 0.3) is 0 Å². The second-order valence-electron chi connectivity index (χ2n) is 3.71. The molecule has 0 saturated heterocycles. The molecule has 2 nitrogen and oxygen atoms in total. The number of aromatic nitrogens is 1. The lowest BCUT2D eigenvalue weighted by molar-refractivity contribution is 0.0967. The van der Waals surface area contributed by atoms with Crippen molar-refractivity contribution >= 4 is 5.78 Å². The van der Waals surface area contributed by atoms with Gasteiger partial charge in [0.1, 0.15) is 0 Å². The molecule has 0 amide bonds. The summed E-state index contributed by atoms with van der Waals surface area (Å²) >= 11 is 0. The Labute approximate surface area is 79.0 Å². The van der Waals surface area contributed by atoms with E-state index in [1.165, 1.54) is 0 Å². The van der Waals surface area contributed by atoms with Crippen LogP contribution in [0.15, 0.2) is 18.5 Å². The van der Waals surface area contributed by atoms with E-state index in [1.807, 2.05) is 6.92 Å². The molecule has 0 N–H and O–H groups in total. The van der Waals surface area contributed by atoms with Crippen molar-refractivity contribution in [1.82, 2.24) is 4.98 Å². The lowest BCUT2D eigenvalue weighted by Gasteiger charge is -2.05. The molecular weight excluding hydrogens is 162 g/mol. The maximum absolute atomic E-state index is 11.6. The number of rotatable bonds is 3. The Hall–Kier alpha value is -1.18. The van der Waals surface area contributed by atoms with Crippen molar-refractivity contribution in [1.29, 1.82) is 0 Å². The van der Waals surface area contributed by atoms with E-state index >= 15 is 0 Å². The molecule has 0 radical (unpaired) electrons. The van der Waals surface area contributed by atoms with Crippen LogP contribution in [-0.4, -0.2) is 10.8 Å². The fourth-order valence-electron chi connectivity index (χ4n) is 1.27. The molecule has 0 aliphatic carbocycles. The van der Waals surface area contributed by atoms with E-state index in [9.17, 15) is 4.79 Å². The number of aryl methyl sites for hydroxylation is 1. The highest BCUT2D eigenvalue weighted by atomic mass is 16.1. The smallest absolute Gasteiger partial charge is 0.163 e. The first-order chi connectivity index (χ1) is 6.11. The Morgan fingerprint density at radius 3 is 2.77 bits per heavy atom. The van der Waals surface area contributed by atoms with Crippen LogP contribution >= 0.6 is 0 Å². The molecule has 1 aromatic heterocycles. The van der Waals surface area contributed by atoms with Gasteiger partial charge in [-0.05, 0) is 24.5 Å². The van der Waals surface area contributed by atoms with Crippen molar-refractivity contribution < 1.29 is 4.79 Å². The number of Topliss-reactive ketones (excluding diaryl/α,β-unsaturated/α-hetero) is 1. The highest BCUT2D eigenvalue weighted by Gasteiger charge is 2.09. The third kappa shape index (κ3) is 2.65. The zero-order valence-electron chi connectivity index (χ0n) is 8.37. The number of ketones is 1. The number of carbonyl (C=O) groups is 1. The topological polar surface area (TPSA) is 30.0 Å². The maximum atomic E-state index is 11.6. The zero-order chi connectivity index (χ0) is 9.84. The number of pyridine rings is 1. The van der Waals surface area contributed by atoms with Crippen molar-refractivity contribution in [2.45, 2.75) is 27.2 Å². The van der Waals surface area contributed by atoms with Gasteiger partial charge in [0, 0.05) is 24.4 Å². The van der Waals surface area contributed by atoms with E-state index in [0.717, 1.165) is 11.1 Å². The van der Waals surface area contributed by atoms with Gasteiger partial charge in [-0.3, -0.25) is 9.78 Å². The normalized spacial score (nSPS) is 10.5. The lowest BCUT2D eigenvalue weighted by Crippen LogP contribution is -2.05. The van der Waals surface area contributed by atoms with E-state index in [0.29, 0.717) is 12.3 Å². The first-order valence-corrected chi connectivity index (χ1v) is 4.55. The molecule has 0 spiro atoms. The fraction of sp³-hybridized carbons (Fsp3) is 0.455. The van der Waals surface area contributed by atoms with Gasteiger partial charge in [0.25, 0.3) is 0 Å². The molecular formula is C11H15NO. The summed E-state index contributed by atoms with van der Waals surface area (Å²) in [4.78, 5) is 15.6. The second kappa shape index (κ2) is 4.17. The molecule has 0 aliphatic rings. The van der Waals surface area contributed by atoms with Crippen LogP contribution in [0.4, 0.5) is 0 Å². The monoisotopic (exact) mass is 177 g/mol. The van der Waals surface area contributed by atoms with Crippen molar-refractivity contribution in [3.8, 4) is 0 Å². The zero-order valence-corrected chi connectivity index (χ0v) is 8.37. The van der Waals surface area contributed by atoms with E-state index in [1.54, 1.807) is 18.5 Å². The molecule has 13 heavy (non-hydrogen) atoms. The van der Waals surface area contributed by atoms with E-state index in [-0.39, 0.29) is 5.78 Å². The average molecular weight is 177 g/mol. The highest BCUT2D eigenvalue weighted by molar-refractivity contribution is 5.97. The van der Waals surface area contributed by atoms with Gasteiger partial charge >= 0.3 is 0 Å². The molecule has 0 unspecified atom stereocenters. The van der Waals surface area contributed by atoms with E-state index in [2.05, 4.69) is 18.8 Å². The van der Waals surface area contributed by atoms with Crippen LogP contribution in [0.1, 0.15) is 36.2 Å². The maximum Gasteiger partial charge on any atom is 0.163 e. The van der Waals surface area contributed by atoms with Gasteiger partial charge in [-0.1, -0.05) is 13.8 Å². The summed E-state index contributed by atoms with van der Waals surface area (Å²) in [5.41, 5.74) is 1.77. The predicted octanol–water partition coefficient (Wildman–Crippen LogP) is 2.62. The number of carbonyl (C=O) groups excluding carboxylic acids is 1. The van der Waals surface area contributed by atoms with Crippen LogP contribution in [-0.2, 0) is 0 Å². The van der Waals surface area contributed by atoms with Crippen molar-refractivity contribution in [2.24, 2.45) is 5.92 Å². The average Bonchev–Trinajstić information content (AvgIpc) is 2.03. The summed E-state index contributed by atoms with van der Waals surface area (Å²) in [5.74, 6) is 0.634. The van der Waals surface area contributed by atoms with Crippen molar-refractivity contribution in [3.05, 3.63) is 29.6 Å². The molecule has 1 aromatic rings. The summed E-state index contributed by atoms with van der Waals surface area (Å²) in [5, 5.41) is 0. The van der Waals surface area contributed by atoms with Crippen LogP contribution in [0.2, 0.25) is 0 Å². The Balaban J connectivity index is 2.83. The quantitative estimate of drug-likeness (QED) is 0.664. The largest absolute Gasteiger partial charge is 0.294 e. The number of hydrogen-bond acceptors (Lipinski definition) is 2. The Kier molecular flexibility index (Phi) is 3.18. The van der Waals surface area contributed by atoms with Gasteiger partial charge in [0.05, 0.1) is 0 Å². The SMILES string of the molecule is Cc1cnccc1C(=O)CC(C)C. The molecule has 70 valence electrons. The summed E-state index contributed by atoms with van der Waals surface area (Å²) in [7, 11) is 0.